The molecule has 4 heteroatoms. The van der Waals surface area contributed by atoms with Crippen molar-refractivity contribution in [3.63, 3.8) is 0 Å². The van der Waals surface area contributed by atoms with Crippen molar-refractivity contribution in [2.75, 3.05) is 26.7 Å². The fourth-order valence-electron chi connectivity index (χ4n) is 2.67. The van der Waals surface area contributed by atoms with Gasteiger partial charge in [0.2, 0.25) is 0 Å². The Hall–Kier alpha value is 0.170. The molecule has 0 saturated carbocycles. The van der Waals surface area contributed by atoms with Crippen LogP contribution in [0.5, 0.6) is 0 Å². The second-order valence-electron chi connectivity index (χ2n) is 5.04. The molecule has 2 fully saturated rings. The zero-order chi connectivity index (χ0) is 10.2. The number of piperidine rings is 1. The van der Waals surface area contributed by atoms with E-state index in [0.717, 1.165) is 6.61 Å². The Morgan fingerprint density at radius 1 is 1.33 bits per heavy atom. The van der Waals surface area contributed by atoms with Gasteiger partial charge in [0.1, 0.15) is 5.72 Å². The summed E-state index contributed by atoms with van der Waals surface area (Å²) in [5.41, 5.74) is -0.0549. The summed E-state index contributed by atoms with van der Waals surface area (Å²) in [6.07, 6.45) is 2.51. The molecule has 2 rings (SSSR count). The fraction of sp³-hybridized carbons (Fsp3) is 1.00. The van der Waals surface area contributed by atoms with Crippen LogP contribution in [0.15, 0.2) is 0 Å². The van der Waals surface area contributed by atoms with Crippen molar-refractivity contribution in [2.24, 2.45) is 5.92 Å². The number of halogens is 1. The molecule has 1 N–H and O–H groups in total. The minimum Gasteiger partial charge on any atom is -0.359 e. The van der Waals surface area contributed by atoms with Crippen LogP contribution in [0.4, 0.5) is 0 Å². The average molecular weight is 235 g/mol. The Balaban J connectivity index is 0.00000112. The predicted molar refractivity (Wildman–Crippen MR) is 64.4 cm³/mol. The standard InChI is InChI=1S/C11H22N2O.ClH/c1-9-8-14-11(2,12-9)10-4-6-13(3)7-5-10;/h9-10,12H,4-8H2,1-3H3;1H. The Morgan fingerprint density at radius 2 is 1.93 bits per heavy atom. The summed E-state index contributed by atoms with van der Waals surface area (Å²) in [5.74, 6) is 0.684. The first-order valence-electron chi connectivity index (χ1n) is 5.70. The van der Waals surface area contributed by atoms with Gasteiger partial charge in [0, 0.05) is 12.0 Å². The number of nitrogens with one attached hydrogen (secondary N) is 1. The molecule has 0 aromatic carbocycles. The van der Waals surface area contributed by atoms with Gasteiger partial charge in [0.05, 0.1) is 6.61 Å². The average Bonchev–Trinajstić information content (AvgIpc) is 2.48. The van der Waals surface area contributed by atoms with Gasteiger partial charge in [-0.2, -0.15) is 0 Å². The molecule has 3 nitrogen and oxygen atoms in total. The summed E-state index contributed by atoms with van der Waals surface area (Å²) in [5, 5.41) is 3.57. The first-order valence-corrected chi connectivity index (χ1v) is 5.70. The van der Waals surface area contributed by atoms with Gasteiger partial charge in [0.15, 0.2) is 0 Å². The molecule has 2 heterocycles. The summed E-state index contributed by atoms with van der Waals surface area (Å²) in [6.45, 7) is 7.69. The summed E-state index contributed by atoms with van der Waals surface area (Å²) >= 11 is 0. The van der Waals surface area contributed by atoms with E-state index in [9.17, 15) is 0 Å². The maximum absolute atomic E-state index is 5.90. The van der Waals surface area contributed by atoms with E-state index in [1.165, 1.54) is 25.9 Å². The molecule has 2 unspecified atom stereocenters. The molecule has 0 bridgehead atoms. The second kappa shape index (κ2) is 5.00. The highest BCUT2D eigenvalue weighted by atomic mass is 35.5. The Bertz CT molecular complexity index is 207. The smallest absolute Gasteiger partial charge is 0.119 e. The van der Waals surface area contributed by atoms with Gasteiger partial charge in [-0.15, -0.1) is 12.4 Å². The Morgan fingerprint density at radius 3 is 2.40 bits per heavy atom. The van der Waals surface area contributed by atoms with Crippen LogP contribution >= 0.6 is 12.4 Å². The third-order valence-corrected chi connectivity index (χ3v) is 3.66. The van der Waals surface area contributed by atoms with Gasteiger partial charge in [-0.3, -0.25) is 5.32 Å². The van der Waals surface area contributed by atoms with Crippen LogP contribution in [-0.2, 0) is 4.74 Å². The summed E-state index contributed by atoms with van der Waals surface area (Å²) in [6, 6.07) is 0.514. The highest BCUT2D eigenvalue weighted by Gasteiger charge is 2.41. The minimum absolute atomic E-state index is 0. The lowest BCUT2D eigenvalue weighted by molar-refractivity contribution is -0.0604. The van der Waals surface area contributed by atoms with Crippen molar-refractivity contribution in [1.82, 2.24) is 10.2 Å². The van der Waals surface area contributed by atoms with Crippen molar-refractivity contribution < 1.29 is 4.74 Å². The molecule has 2 aliphatic rings. The number of hydrogen-bond donors (Lipinski definition) is 1. The molecule has 0 amide bonds. The maximum Gasteiger partial charge on any atom is 0.119 e. The molecular weight excluding hydrogens is 212 g/mol. The molecule has 2 aliphatic heterocycles. The molecule has 0 spiro atoms. The summed E-state index contributed by atoms with van der Waals surface area (Å²) in [4.78, 5) is 2.40. The van der Waals surface area contributed by atoms with Crippen molar-refractivity contribution in [3.8, 4) is 0 Å². The first-order chi connectivity index (χ1) is 6.60. The number of ether oxygens (including phenoxy) is 1. The van der Waals surface area contributed by atoms with E-state index >= 15 is 0 Å². The zero-order valence-electron chi connectivity index (χ0n) is 9.95. The lowest BCUT2D eigenvalue weighted by Gasteiger charge is -2.39. The highest BCUT2D eigenvalue weighted by molar-refractivity contribution is 5.85. The molecule has 0 aromatic heterocycles. The van der Waals surface area contributed by atoms with E-state index in [0.29, 0.717) is 12.0 Å². The van der Waals surface area contributed by atoms with Crippen LogP contribution in [0.1, 0.15) is 26.7 Å². The quantitative estimate of drug-likeness (QED) is 0.744. The van der Waals surface area contributed by atoms with Crippen molar-refractivity contribution in [2.45, 2.75) is 38.5 Å². The van der Waals surface area contributed by atoms with Gasteiger partial charge in [-0.05, 0) is 46.8 Å². The lowest BCUT2D eigenvalue weighted by atomic mass is 9.87. The van der Waals surface area contributed by atoms with Gasteiger partial charge in [-0.25, -0.2) is 0 Å². The summed E-state index contributed by atoms with van der Waals surface area (Å²) < 4.78 is 5.90. The van der Waals surface area contributed by atoms with Crippen LogP contribution in [0.2, 0.25) is 0 Å². The van der Waals surface area contributed by atoms with Crippen LogP contribution in [0, 0.1) is 5.92 Å². The fourth-order valence-corrected chi connectivity index (χ4v) is 2.67. The Labute approximate surface area is 99.0 Å². The number of hydrogen-bond acceptors (Lipinski definition) is 3. The Kier molecular flexibility index (Phi) is 4.41. The molecule has 90 valence electrons. The normalized spacial score (nSPS) is 39.0. The van der Waals surface area contributed by atoms with E-state index in [-0.39, 0.29) is 18.1 Å². The van der Waals surface area contributed by atoms with E-state index < -0.39 is 0 Å². The molecule has 2 saturated heterocycles. The van der Waals surface area contributed by atoms with Crippen molar-refractivity contribution >= 4 is 12.4 Å². The zero-order valence-corrected chi connectivity index (χ0v) is 10.8. The van der Waals surface area contributed by atoms with Crippen molar-refractivity contribution in [1.29, 1.82) is 0 Å². The van der Waals surface area contributed by atoms with Crippen LogP contribution in [0.3, 0.4) is 0 Å². The SMILES string of the molecule is CC1COC(C)(C2CCN(C)CC2)N1.Cl. The van der Waals surface area contributed by atoms with E-state index in [1.54, 1.807) is 0 Å². The maximum atomic E-state index is 5.90. The molecule has 0 aliphatic carbocycles. The third-order valence-electron chi connectivity index (χ3n) is 3.66. The number of nitrogens with zero attached hydrogens (tertiary/aromatic N) is 1. The van der Waals surface area contributed by atoms with Gasteiger partial charge in [-0.1, -0.05) is 0 Å². The summed E-state index contributed by atoms with van der Waals surface area (Å²) in [7, 11) is 2.20. The topological polar surface area (TPSA) is 24.5 Å². The van der Waals surface area contributed by atoms with Crippen LogP contribution in [-0.4, -0.2) is 43.4 Å². The van der Waals surface area contributed by atoms with E-state index in [1.807, 2.05) is 0 Å². The second-order valence-corrected chi connectivity index (χ2v) is 5.04. The monoisotopic (exact) mass is 234 g/mol. The molecule has 0 radical (unpaired) electrons. The van der Waals surface area contributed by atoms with Crippen LogP contribution in [0.25, 0.3) is 0 Å². The number of likely N-dealkylation sites (tertiary alicyclic amines) is 1. The van der Waals surface area contributed by atoms with Crippen molar-refractivity contribution in [3.05, 3.63) is 0 Å². The minimum atomic E-state index is -0.0549. The predicted octanol–water partition coefficient (Wildman–Crippen LogP) is 1.47. The van der Waals surface area contributed by atoms with Gasteiger partial charge >= 0.3 is 0 Å². The number of rotatable bonds is 1. The first kappa shape index (κ1) is 13.2. The lowest BCUT2D eigenvalue weighted by Crippen LogP contribution is -2.50. The molecular formula is C11H23ClN2O. The van der Waals surface area contributed by atoms with Crippen LogP contribution < -0.4 is 5.32 Å². The van der Waals surface area contributed by atoms with Gasteiger partial charge < -0.3 is 9.64 Å². The molecule has 0 aromatic rings. The van der Waals surface area contributed by atoms with Gasteiger partial charge in [0.25, 0.3) is 0 Å². The third kappa shape index (κ3) is 2.84. The molecule has 15 heavy (non-hydrogen) atoms. The largest absolute Gasteiger partial charge is 0.359 e. The van der Waals surface area contributed by atoms with E-state index in [4.69, 9.17) is 4.74 Å². The van der Waals surface area contributed by atoms with E-state index in [2.05, 4.69) is 31.1 Å². The molecule has 2 atom stereocenters. The highest BCUT2D eigenvalue weighted by Crippen LogP contribution is 2.32.